The molecule has 0 amide bonds. The molecule has 0 fully saturated rings. The molecule has 0 aliphatic carbocycles. The Morgan fingerprint density at radius 1 is 0.943 bits per heavy atom. The summed E-state index contributed by atoms with van der Waals surface area (Å²) in [6, 6.07) is 25.7. The molecule has 4 rings (SSSR count). The van der Waals surface area contributed by atoms with Gasteiger partial charge in [0.15, 0.2) is 0 Å². The highest BCUT2D eigenvalue weighted by Crippen LogP contribution is 2.31. The number of nitrogens with two attached hydrogens (primary N) is 1. The van der Waals surface area contributed by atoms with E-state index in [1.54, 1.807) is 24.4 Å². The zero-order chi connectivity index (χ0) is 24.8. The summed E-state index contributed by atoms with van der Waals surface area (Å²) in [4.78, 5) is 9.02. The summed E-state index contributed by atoms with van der Waals surface area (Å²) < 4.78 is 27.2. The van der Waals surface area contributed by atoms with Crippen LogP contribution >= 0.6 is 0 Å². The Labute approximate surface area is 205 Å². The molecule has 0 spiro atoms. The van der Waals surface area contributed by atoms with E-state index in [-0.39, 0.29) is 24.0 Å². The summed E-state index contributed by atoms with van der Waals surface area (Å²) >= 11 is 0. The van der Waals surface area contributed by atoms with Crippen LogP contribution in [0.1, 0.15) is 16.7 Å². The van der Waals surface area contributed by atoms with Crippen molar-refractivity contribution in [3.63, 3.8) is 0 Å². The van der Waals surface area contributed by atoms with Crippen molar-refractivity contribution in [1.29, 1.82) is 0 Å². The minimum absolute atomic E-state index is 0.0315. The van der Waals surface area contributed by atoms with Crippen LogP contribution in [-0.2, 0) is 23.2 Å². The highest BCUT2D eigenvalue weighted by atomic mass is 32.2. The standard InChI is InChI=1S/C27H26N4O3S/c1-19-7-11-23(12-8-19)26-25(22-13-9-20(18-32)10-14-22)15-21(16-29-26)17-30-27(28)31-35(33,34)24-5-3-2-4-6-24/h2-16,32H,17-18H2,1H3,(H3,28,30,31). The number of rotatable bonds is 7. The summed E-state index contributed by atoms with van der Waals surface area (Å²) in [6.45, 7) is 2.14. The average Bonchev–Trinajstić information content (AvgIpc) is 2.88. The van der Waals surface area contributed by atoms with E-state index in [9.17, 15) is 13.5 Å². The van der Waals surface area contributed by atoms with Crippen LogP contribution in [0.3, 0.4) is 0 Å². The van der Waals surface area contributed by atoms with Gasteiger partial charge in [-0.25, -0.2) is 18.1 Å². The topological polar surface area (TPSA) is 118 Å². The van der Waals surface area contributed by atoms with E-state index in [1.807, 2.05) is 61.5 Å². The van der Waals surface area contributed by atoms with E-state index in [1.165, 1.54) is 12.1 Å². The molecule has 3 aromatic carbocycles. The molecule has 178 valence electrons. The van der Waals surface area contributed by atoms with E-state index >= 15 is 0 Å². The van der Waals surface area contributed by atoms with Gasteiger partial charge in [0, 0.05) is 17.3 Å². The van der Waals surface area contributed by atoms with Crippen LogP contribution in [0, 0.1) is 6.92 Å². The number of aliphatic hydroxyl groups excluding tert-OH is 1. The van der Waals surface area contributed by atoms with Gasteiger partial charge in [0.2, 0.25) is 5.96 Å². The van der Waals surface area contributed by atoms with Crippen molar-refractivity contribution in [1.82, 2.24) is 9.71 Å². The number of aromatic nitrogens is 1. The number of nitrogens with one attached hydrogen (secondary N) is 1. The molecular formula is C27H26N4O3S. The molecule has 1 aromatic heterocycles. The third-order valence-corrected chi connectivity index (χ3v) is 6.81. The first-order valence-corrected chi connectivity index (χ1v) is 12.5. The number of nitrogens with zero attached hydrogens (tertiary/aromatic N) is 2. The zero-order valence-corrected chi connectivity index (χ0v) is 20.0. The highest BCUT2D eigenvalue weighted by molar-refractivity contribution is 7.90. The summed E-state index contributed by atoms with van der Waals surface area (Å²) in [5, 5.41) is 9.39. The Bertz CT molecular complexity index is 1430. The number of hydrogen-bond donors (Lipinski definition) is 3. The van der Waals surface area contributed by atoms with Crippen LogP contribution in [0.4, 0.5) is 0 Å². The van der Waals surface area contributed by atoms with Gasteiger partial charge in [0.05, 0.1) is 23.7 Å². The lowest BCUT2D eigenvalue weighted by atomic mass is 9.96. The first kappa shape index (κ1) is 24.1. The third kappa shape index (κ3) is 5.92. The van der Waals surface area contributed by atoms with Gasteiger partial charge >= 0.3 is 0 Å². The van der Waals surface area contributed by atoms with Gasteiger partial charge in [0.25, 0.3) is 10.0 Å². The molecule has 4 aromatic rings. The molecule has 0 atom stereocenters. The quantitative estimate of drug-likeness (QED) is 0.269. The lowest BCUT2D eigenvalue weighted by Gasteiger charge is -2.12. The number of aliphatic hydroxyl groups is 1. The molecule has 35 heavy (non-hydrogen) atoms. The monoisotopic (exact) mass is 486 g/mol. The number of hydrogen-bond acceptors (Lipinski definition) is 5. The lowest BCUT2D eigenvalue weighted by molar-refractivity contribution is 0.282. The molecule has 0 unspecified atom stereocenters. The smallest absolute Gasteiger partial charge is 0.264 e. The minimum atomic E-state index is -3.81. The first-order chi connectivity index (χ1) is 16.9. The maximum atomic E-state index is 12.5. The summed E-state index contributed by atoms with van der Waals surface area (Å²) in [7, 11) is -3.81. The molecule has 0 bridgehead atoms. The van der Waals surface area contributed by atoms with Gasteiger partial charge in [-0.15, -0.1) is 0 Å². The molecule has 8 heteroatoms. The number of aliphatic imine (C=N–C) groups is 1. The molecule has 4 N–H and O–H groups in total. The lowest BCUT2D eigenvalue weighted by Crippen LogP contribution is -2.36. The molecule has 0 radical (unpaired) electrons. The zero-order valence-electron chi connectivity index (χ0n) is 19.2. The molecular weight excluding hydrogens is 460 g/mol. The van der Waals surface area contributed by atoms with E-state index in [4.69, 9.17) is 10.7 Å². The number of sulfonamides is 1. The first-order valence-electron chi connectivity index (χ1n) is 11.0. The van der Waals surface area contributed by atoms with Gasteiger partial charge in [-0.2, -0.15) is 0 Å². The van der Waals surface area contributed by atoms with Crippen molar-refractivity contribution in [2.45, 2.75) is 25.0 Å². The summed E-state index contributed by atoms with van der Waals surface area (Å²) in [5.74, 6) is -0.203. The summed E-state index contributed by atoms with van der Waals surface area (Å²) in [5.41, 5.74) is 12.2. The number of guanidine groups is 1. The second kappa shape index (κ2) is 10.5. The van der Waals surface area contributed by atoms with Crippen LogP contribution < -0.4 is 10.5 Å². The molecule has 1 heterocycles. The fourth-order valence-corrected chi connectivity index (χ4v) is 4.52. The van der Waals surface area contributed by atoms with Gasteiger partial charge < -0.3 is 10.8 Å². The van der Waals surface area contributed by atoms with Crippen molar-refractivity contribution in [2.75, 3.05) is 0 Å². The van der Waals surface area contributed by atoms with Gasteiger partial charge in [-0.05, 0) is 41.8 Å². The molecule has 0 aliphatic rings. The van der Waals surface area contributed by atoms with E-state index < -0.39 is 10.0 Å². The highest BCUT2D eigenvalue weighted by Gasteiger charge is 2.15. The van der Waals surface area contributed by atoms with Crippen molar-refractivity contribution >= 4 is 16.0 Å². The van der Waals surface area contributed by atoms with E-state index in [2.05, 4.69) is 9.71 Å². The Balaban J connectivity index is 1.63. The predicted octanol–water partition coefficient (Wildman–Crippen LogP) is 4.01. The van der Waals surface area contributed by atoms with E-state index in [0.29, 0.717) is 0 Å². The Kier molecular flexibility index (Phi) is 7.24. The predicted molar refractivity (Wildman–Crippen MR) is 138 cm³/mol. The van der Waals surface area contributed by atoms with Crippen molar-refractivity contribution in [2.24, 2.45) is 10.7 Å². The van der Waals surface area contributed by atoms with Gasteiger partial charge in [-0.1, -0.05) is 72.3 Å². The third-order valence-electron chi connectivity index (χ3n) is 5.44. The Hall–Kier alpha value is -4.01. The maximum absolute atomic E-state index is 12.5. The molecule has 7 nitrogen and oxygen atoms in total. The van der Waals surface area contributed by atoms with Crippen LogP contribution in [0.2, 0.25) is 0 Å². The second-order valence-corrected chi connectivity index (χ2v) is 9.76. The average molecular weight is 487 g/mol. The number of aryl methyl sites for hydroxylation is 1. The molecule has 0 saturated carbocycles. The van der Waals surface area contributed by atoms with Crippen molar-refractivity contribution in [3.05, 3.63) is 108 Å². The minimum Gasteiger partial charge on any atom is -0.392 e. The van der Waals surface area contributed by atoms with Crippen LogP contribution in [0.25, 0.3) is 22.4 Å². The number of benzene rings is 3. The van der Waals surface area contributed by atoms with E-state index in [0.717, 1.165) is 39.1 Å². The van der Waals surface area contributed by atoms with Gasteiger partial charge in [-0.3, -0.25) is 4.98 Å². The largest absolute Gasteiger partial charge is 0.392 e. The normalized spacial score (nSPS) is 11.9. The van der Waals surface area contributed by atoms with Crippen LogP contribution in [0.5, 0.6) is 0 Å². The second-order valence-electron chi connectivity index (χ2n) is 8.08. The fourth-order valence-electron chi connectivity index (χ4n) is 3.55. The summed E-state index contributed by atoms with van der Waals surface area (Å²) in [6.07, 6.45) is 1.71. The fraction of sp³-hybridized carbons (Fsp3) is 0.111. The molecule has 0 aliphatic heterocycles. The maximum Gasteiger partial charge on any atom is 0.264 e. The van der Waals surface area contributed by atoms with Crippen molar-refractivity contribution in [3.8, 4) is 22.4 Å². The Morgan fingerprint density at radius 3 is 2.26 bits per heavy atom. The van der Waals surface area contributed by atoms with Crippen molar-refractivity contribution < 1.29 is 13.5 Å². The van der Waals surface area contributed by atoms with Crippen LogP contribution in [-0.4, -0.2) is 24.5 Å². The van der Waals surface area contributed by atoms with Gasteiger partial charge in [0.1, 0.15) is 0 Å². The molecule has 0 saturated heterocycles. The SMILES string of the molecule is Cc1ccc(-c2ncc(CN=C(N)NS(=O)(=O)c3ccccc3)cc2-c2ccc(CO)cc2)cc1. The van der Waals surface area contributed by atoms with Crippen LogP contribution in [0.15, 0.2) is 101 Å². The number of pyridine rings is 1. The Morgan fingerprint density at radius 2 is 1.60 bits per heavy atom.